The molecule has 0 fully saturated rings. The molecule has 2 aromatic carbocycles. The van der Waals surface area contributed by atoms with E-state index in [1.54, 1.807) is 16.9 Å². The third kappa shape index (κ3) is 3.46. The molecule has 3 rings (SSSR count). The van der Waals surface area contributed by atoms with Crippen LogP contribution in [0.3, 0.4) is 0 Å². The van der Waals surface area contributed by atoms with Gasteiger partial charge in [-0.05, 0) is 37.1 Å². The van der Waals surface area contributed by atoms with Gasteiger partial charge in [0.25, 0.3) is 0 Å². The van der Waals surface area contributed by atoms with Crippen molar-refractivity contribution < 1.29 is 5.11 Å². The van der Waals surface area contributed by atoms with Crippen molar-refractivity contribution >= 4 is 0 Å². The molecule has 5 heteroatoms. The predicted molar refractivity (Wildman–Crippen MR) is 94.0 cm³/mol. The maximum Gasteiger partial charge on any atom is 0.120 e. The molecule has 1 aromatic heterocycles. The number of nitrogens with zero attached hydrogens (tertiary/aromatic N) is 3. The van der Waals surface area contributed by atoms with Crippen molar-refractivity contribution in [3.63, 3.8) is 0 Å². The second-order valence-electron chi connectivity index (χ2n) is 5.85. The third-order valence-electron chi connectivity index (χ3n) is 4.25. The lowest BCUT2D eigenvalue weighted by molar-refractivity contribution is 0.419. The summed E-state index contributed by atoms with van der Waals surface area (Å²) in [6.45, 7) is 4.25. The number of hydrogen-bond acceptors (Lipinski definition) is 4. The highest BCUT2D eigenvalue weighted by Gasteiger charge is 2.16. The first kappa shape index (κ1) is 16.2. The van der Waals surface area contributed by atoms with Gasteiger partial charge in [0, 0.05) is 17.6 Å². The zero-order valence-electron chi connectivity index (χ0n) is 13.9. The molecule has 0 bridgehead atoms. The van der Waals surface area contributed by atoms with Crippen molar-refractivity contribution in [1.82, 2.24) is 20.3 Å². The summed E-state index contributed by atoms with van der Waals surface area (Å²) in [6.07, 6.45) is 4.39. The Morgan fingerprint density at radius 2 is 1.88 bits per heavy atom. The molecule has 0 radical (unpaired) electrons. The van der Waals surface area contributed by atoms with Crippen molar-refractivity contribution in [2.75, 3.05) is 0 Å². The molecule has 0 amide bonds. The molecule has 0 spiro atoms. The van der Waals surface area contributed by atoms with Crippen molar-refractivity contribution in [2.45, 2.75) is 32.4 Å². The Balaban J connectivity index is 1.74. The topological polar surface area (TPSA) is 63.0 Å². The fourth-order valence-electron chi connectivity index (χ4n) is 2.87. The molecule has 1 heterocycles. The number of phenolic OH excluding ortho intramolecular Hbond substituents is 1. The van der Waals surface area contributed by atoms with Crippen LogP contribution in [0.15, 0.2) is 60.9 Å². The average Bonchev–Trinajstić information content (AvgIpc) is 3.15. The molecule has 0 aliphatic carbocycles. The lowest BCUT2D eigenvalue weighted by Gasteiger charge is -2.24. The second kappa shape index (κ2) is 7.27. The fraction of sp³-hybridized carbons (Fsp3) is 0.263. The number of aromatic hydroxyl groups is 1. The maximum atomic E-state index is 10.1. The monoisotopic (exact) mass is 322 g/mol. The normalized spacial score (nSPS) is 13.6. The number of rotatable bonds is 6. The van der Waals surface area contributed by atoms with E-state index in [0.29, 0.717) is 5.75 Å². The van der Waals surface area contributed by atoms with Crippen LogP contribution in [0.2, 0.25) is 0 Å². The van der Waals surface area contributed by atoms with Gasteiger partial charge in [0.1, 0.15) is 5.75 Å². The van der Waals surface area contributed by atoms with Crippen LogP contribution in [-0.4, -0.2) is 20.1 Å². The minimum atomic E-state index is 0.108. The molecular weight excluding hydrogens is 300 g/mol. The first-order valence-electron chi connectivity index (χ1n) is 8.19. The Bertz CT molecular complexity index is 768. The first-order chi connectivity index (χ1) is 11.7. The fourth-order valence-corrected chi connectivity index (χ4v) is 2.87. The summed E-state index contributed by atoms with van der Waals surface area (Å²) in [5.41, 5.74) is 3.11. The zero-order chi connectivity index (χ0) is 16.9. The Morgan fingerprint density at radius 1 is 1.12 bits per heavy atom. The van der Waals surface area contributed by atoms with E-state index in [1.165, 1.54) is 5.56 Å². The molecule has 124 valence electrons. The first-order valence-corrected chi connectivity index (χ1v) is 8.19. The van der Waals surface area contributed by atoms with E-state index in [1.807, 2.05) is 36.5 Å². The molecule has 3 aromatic rings. The zero-order valence-corrected chi connectivity index (χ0v) is 13.9. The summed E-state index contributed by atoms with van der Waals surface area (Å²) in [5.74, 6) is 0.339. The molecule has 5 nitrogen and oxygen atoms in total. The van der Waals surface area contributed by atoms with Gasteiger partial charge in [-0.2, -0.15) is 0 Å². The van der Waals surface area contributed by atoms with Gasteiger partial charge in [0.05, 0.1) is 18.1 Å². The molecule has 0 saturated heterocycles. The minimum absolute atomic E-state index is 0.108. The predicted octanol–water partition coefficient (Wildman–Crippen LogP) is 3.77. The Hall–Kier alpha value is -2.66. The van der Waals surface area contributed by atoms with E-state index in [2.05, 4.69) is 41.6 Å². The molecule has 24 heavy (non-hydrogen) atoms. The van der Waals surface area contributed by atoms with Gasteiger partial charge in [-0.1, -0.05) is 42.5 Å². The number of phenols is 1. The van der Waals surface area contributed by atoms with Crippen LogP contribution in [-0.2, 0) is 0 Å². The average molecular weight is 322 g/mol. The summed E-state index contributed by atoms with van der Waals surface area (Å²) in [6, 6.07) is 16.0. The highest BCUT2D eigenvalue weighted by atomic mass is 16.3. The van der Waals surface area contributed by atoms with Gasteiger partial charge in [-0.3, -0.25) is 0 Å². The van der Waals surface area contributed by atoms with Gasteiger partial charge < -0.3 is 10.4 Å². The van der Waals surface area contributed by atoms with E-state index in [-0.39, 0.29) is 12.1 Å². The molecular formula is C19H22N4O. The van der Waals surface area contributed by atoms with Crippen molar-refractivity contribution in [1.29, 1.82) is 0 Å². The lowest BCUT2D eigenvalue weighted by atomic mass is 10.0. The van der Waals surface area contributed by atoms with Crippen molar-refractivity contribution in [3.8, 4) is 11.4 Å². The number of benzene rings is 2. The summed E-state index contributed by atoms with van der Waals surface area (Å²) in [7, 11) is 0. The van der Waals surface area contributed by atoms with Gasteiger partial charge in [0.2, 0.25) is 0 Å². The molecule has 0 saturated carbocycles. The van der Waals surface area contributed by atoms with Crippen LogP contribution in [0, 0.1) is 0 Å². The Morgan fingerprint density at radius 3 is 2.50 bits per heavy atom. The quantitative estimate of drug-likeness (QED) is 0.725. The van der Waals surface area contributed by atoms with E-state index < -0.39 is 0 Å². The summed E-state index contributed by atoms with van der Waals surface area (Å²) < 4.78 is 1.73. The van der Waals surface area contributed by atoms with E-state index in [0.717, 1.165) is 17.7 Å². The van der Waals surface area contributed by atoms with Gasteiger partial charge in [0.15, 0.2) is 0 Å². The highest BCUT2D eigenvalue weighted by Crippen LogP contribution is 2.28. The van der Waals surface area contributed by atoms with Crippen molar-refractivity contribution in [3.05, 3.63) is 72.1 Å². The molecule has 0 aliphatic rings. The third-order valence-corrected chi connectivity index (χ3v) is 4.25. The van der Waals surface area contributed by atoms with E-state index >= 15 is 0 Å². The SMILES string of the molecule is CC[C@@H](N[C@H](C)c1ccc(-n2ccnn2)cc1)c1ccccc1O. The van der Waals surface area contributed by atoms with Crippen LogP contribution in [0.1, 0.15) is 43.5 Å². The summed E-state index contributed by atoms with van der Waals surface area (Å²) in [5, 5.41) is 21.5. The van der Waals surface area contributed by atoms with Crippen LogP contribution >= 0.6 is 0 Å². The summed E-state index contributed by atoms with van der Waals surface area (Å²) in [4.78, 5) is 0. The van der Waals surface area contributed by atoms with Crippen LogP contribution in [0.4, 0.5) is 0 Å². The highest BCUT2D eigenvalue weighted by molar-refractivity contribution is 5.36. The number of hydrogen-bond donors (Lipinski definition) is 2. The standard InChI is InChI=1S/C19H22N4O/c1-3-18(17-6-4-5-7-19(17)24)21-14(2)15-8-10-16(11-9-15)23-13-12-20-22-23/h4-14,18,21,24H,3H2,1-2H3/t14-,18-/m1/s1. The maximum absolute atomic E-state index is 10.1. The number of aromatic nitrogens is 3. The van der Waals surface area contributed by atoms with Crippen LogP contribution in [0.25, 0.3) is 5.69 Å². The smallest absolute Gasteiger partial charge is 0.120 e. The van der Waals surface area contributed by atoms with E-state index in [9.17, 15) is 5.11 Å². The van der Waals surface area contributed by atoms with Gasteiger partial charge >= 0.3 is 0 Å². The minimum Gasteiger partial charge on any atom is -0.508 e. The van der Waals surface area contributed by atoms with E-state index in [4.69, 9.17) is 0 Å². The summed E-state index contributed by atoms with van der Waals surface area (Å²) >= 11 is 0. The number of para-hydroxylation sites is 1. The van der Waals surface area contributed by atoms with Gasteiger partial charge in [-0.15, -0.1) is 5.10 Å². The molecule has 0 unspecified atom stereocenters. The largest absolute Gasteiger partial charge is 0.508 e. The van der Waals surface area contributed by atoms with Gasteiger partial charge in [-0.25, -0.2) is 4.68 Å². The molecule has 2 N–H and O–H groups in total. The Kier molecular flexibility index (Phi) is 4.91. The van der Waals surface area contributed by atoms with Crippen LogP contribution < -0.4 is 5.32 Å². The van der Waals surface area contributed by atoms with Crippen molar-refractivity contribution in [2.24, 2.45) is 0 Å². The lowest BCUT2D eigenvalue weighted by Crippen LogP contribution is -2.24. The molecule has 0 aliphatic heterocycles. The number of nitrogens with one attached hydrogen (secondary N) is 1. The second-order valence-corrected chi connectivity index (χ2v) is 5.85. The van der Waals surface area contributed by atoms with Crippen LogP contribution in [0.5, 0.6) is 5.75 Å². The Labute approximate surface area is 142 Å². The molecule has 2 atom stereocenters.